The number of rotatable bonds is 10. The van der Waals surface area contributed by atoms with E-state index in [0.717, 1.165) is 18.7 Å². The summed E-state index contributed by atoms with van der Waals surface area (Å²) in [6.45, 7) is 5.01. The van der Waals surface area contributed by atoms with E-state index >= 15 is 0 Å². The van der Waals surface area contributed by atoms with Crippen molar-refractivity contribution in [3.63, 3.8) is 0 Å². The quantitative estimate of drug-likeness (QED) is 0.409. The molecule has 0 heterocycles. The van der Waals surface area contributed by atoms with Gasteiger partial charge in [0.05, 0.1) is 15.5 Å². The Balaban J connectivity index is 1.66. The molecule has 174 valence electrons. The van der Waals surface area contributed by atoms with Crippen LogP contribution in [0.15, 0.2) is 77.7 Å². The van der Waals surface area contributed by atoms with Crippen LogP contribution in [0.5, 0.6) is 0 Å². The van der Waals surface area contributed by atoms with Gasteiger partial charge >= 0.3 is 0 Å². The number of hydrogen-bond acceptors (Lipinski definition) is 4. The van der Waals surface area contributed by atoms with Gasteiger partial charge in [-0.25, -0.2) is 8.42 Å². The standard InChI is InChI=1S/C25H28ClN3O3S/c1-3-29(4-2)33(31,32)22-14-15-24(26)23(18-22)25(30)28-21-12-10-20(11-13-21)27-17-16-19-8-6-5-7-9-19/h5-15,18,27H,3-4,16-17H2,1-2H3,(H,28,30). The number of anilines is 2. The van der Waals surface area contributed by atoms with Gasteiger partial charge in [0, 0.05) is 31.0 Å². The molecule has 0 saturated heterocycles. The summed E-state index contributed by atoms with van der Waals surface area (Å²) in [6, 6.07) is 21.7. The molecule has 2 N–H and O–H groups in total. The van der Waals surface area contributed by atoms with Gasteiger partial charge in [-0.3, -0.25) is 4.79 Å². The van der Waals surface area contributed by atoms with Crippen molar-refractivity contribution in [3.05, 3.63) is 88.9 Å². The van der Waals surface area contributed by atoms with Crippen molar-refractivity contribution < 1.29 is 13.2 Å². The molecule has 0 spiro atoms. The van der Waals surface area contributed by atoms with Crippen molar-refractivity contribution in [2.75, 3.05) is 30.3 Å². The molecule has 3 aromatic rings. The Bertz CT molecular complexity index is 1180. The number of nitrogens with zero attached hydrogens (tertiary/aromatic N) is 1. The van der Waals surface area contributed by atoms with Crippen LogP contribution in [-0.4, -0.2) is 38.3 Å². The van der Waals surface area contributed by atoms with Crippen LogP contribution >= 0.6 is 11.6 Å². The molecule has 0 saturated carbocycles. The number of halogens is 1. The monoisotopic (exact) mass is 485 g/mol. The first-order valence-corrected chi connectivity index (χ1v) is 12.7. The van der Waals surface area contributed by atoms with Crippen LogP contribution in [0.4, 0.5) is 11.4 Å². The van der Waals surface area contributed by atoms with Crippen molar-refractivity contribution in [2.24, 2.45) is 0 Å². The zero-order chi connectivity index (χ0) is 23.8. The van der Waals surface area contributed by atoms with E-state index in [1.807, 2.05) is 30.3 Å². The smallest absolute Gasteiger partial charge is 0.257 e. The fourth-order valence-corrected chi connectivity index (χ4v) is 5.11. The van der Waals surface area contributed by atoms with Crippen LogP contribution in [0.1, 0.15) is 29.8 Å². The summed E-state index contributed by atoms with van der Waals surface area (Å²) in [6.07, 6.45) is 0.907. The number of amides is 1. The van der Waals surface area contributed by atoms with E-state index in [1.165, 1.54) is 28.1 Å². The maximum absolute atomic E-state index is 12.8. The first-order chi connectivity index (χ1) is 15.8. The van der Waals surface area contributed by atoms with Gasteiger partial charge in [-0.05, 0) is 54.4 Å². The van der Waals surface area contributed by atoms with Gasteiger partial charge in [0.2, 0.25) is 10.0 Å². The number of nitrogens with one attached hydrogen (secondary N) is 2. The molecular weight excluding hydrogens is 458 g/mol. The van der Waals surface area contributed by atoms with Crippen LogP contribution in [0.25, 0.3) is 0 Å². The first-order valence-electron chi connectivity index (χ1n) is 10.8. The summed E-state index contributed by atoms with van der Waals surface area (Å²) in [5.41, 5.74) is 2.89. The minimum atomic E-state index is -3.70. The average molecular weight is 486 g/mol. The molecule has 0 aliphatic carbocycles. The Kier molecular flexibility index (Phi) is 8.49. The lowest BCUT2D eigenvalue weighted by molar-refractivity contribution is 0.102. The summed E-state index contributed by atoms with van der Waals surface area (Å²) in [7, 11) is -3.70. The van der Waals surface area contributed by atoms with E-state index < -0.39 is 15.9 Å². The lowest BCUT2D eigenvalue weighted by Crippen LogP contribution is -2.30. The van der Waals surface area contributed by atoms with Gasteiger partial charge in [0.15, 0.2) is 0 Å². The predicted octanol–water partition coefficient (Wildman–Crippen LogP) is 5.28. The molecule has 33 heavy (non-hydrogen) atoms. The fourth-order valence-electron chi connectivity index (χ4n) is 3.42. The third-order valence-corrected chi connectivity index (χ3v) is 7.63. The number of benzene rings is 3. The fraction of sp³-hybridized carbons (Fsp3) is 0.240. The minimum absolute atomic E-state index is 0.0405. The Morgan fingerprint density at radius 2 is 1.55 bits per heavy atom. The molecule has 3 rings (SSSR count). The normalized spacial score (nSPS) is 11.4. The maximum Gasteiger partial charge on any atom is 0.257 e. The van der Waals surface area contributed by atoms with Crippen molar-refractivity contribution in [1.29, 1.82) is 0 Å². The summed E-state index contributed by atoms with van der Waals surface area (Å²) < 4.78 is 26.9. The minimum Gasteiger partial charge on any atom is -0.385 e. The van der Waals surface area contributed by atoms with Crippen LogP contribution in [-0.2, 0) is 16.4 Å². The molecule has 1 amide bonds. The van der Waals surface area contributed by atoms with E-state index in [4.69, 9.17) is 11.6 Å². The second kappa shape index (κ2) is 11.3. The maximum atomic E-state index is 12.8. The molecule has 0 bridgehead atoms. The molecule has 0 atom stereocenters. The zero-order valence-electron chi connectivity index (χ0n) is 18.7. The Labute approximate surface area is 200 Å². The van der Waals surface area contributed by atoms with Gasteiger partial charge in [-0.15, -0.1) is 0 Å². The number of carbonyl (C=O) groups excluding carboxylic acids is 1. The van der Waals surface area contributed by atoms with E-state index in [2.05, 4.69) is 22.8 Å². The highest BCUT2D eigenvalue weighted by molar-refractivity contribution is 7.89. The van der Waals surface area contributed by atoms with Gasteiger partial charge < -0.3 is 10.6 Å². The van der Waals surface area contributed by atoms with Gasteiger partial charge in [0.25, 0.3) is 5.91 Å². The number of carbonyl (C=O) groups is 1. The van der Waals surface area contributed by atoms with Gasteiger partial charge in [-0.1, -0.05) is 55.8 Å². The lowest BCUT2D eigenvalue weighted by Gasteiger charge is -2.19. The van der Waals surface area contributed by atoms with Gasteiger partial charge in [-0.2, -0.15) is 4.31 Å². The average Bonchev–Trinajstić information content (AvgIpc) is 2.81. The van der Waals surface area contributed by atoms with Crippen LogP contribution in [0.3, 0.4) is 0 Å². The van der Waals surface area contributed by atoms with Crippen molar-refractivity contribution in [2.45, 2.75) is 25.2 Å². The highest BCUT2D eigenvalue weighted by Gasteiger charge is 2.24. The highest BCUT2D eigenvalue weighted by Crippen LogP contribution is 2.24. The Hall–Kier alpha value is -2.87. The molecule has 0 aliphatic heterocycles. The lowest BCUT2D eigenvalue weighted by atomic mass is 10.1. The van der Waals surface area contributed by atoms with E-state index in [1.54, 1.807) is 26.0 Å². The second-order valence-electron chi connectivity index (χ2n) is 7.42. The molecule has 0 aliphatic rings. The topological polar surface area (TPSA) is 78.5 Å². The zero-order valence-corrected chi connectivity index (χ0v) is 20.3. The molecule has 0 aromatic heterocycles. The van der Waals surface area contributed by atoms with Gasteiger partial charge in [0.1, 0.15) is 0 Å². The van der Waals surface area contributed by atoms with Crippen molar-refractivity contribution in [1.82, 2.24) is 4.31 Å². The largest absolute Gasteiger partial charge is 0.385 e. The third-order valence-electron chi connectivity index (χ3n) is 5.25. The van der Waals surface area contributed by atoms with Crippen molar-refractivity contribution >= 4 is 38.9 Å². The van der Waals surface area contributed by atoms with Crippen LogP contribution < -0.4 is 10.6 Å². The molecule has 0 radical (unpaired) electrons. The van der Waals surface area contributed by atoms with E-state index in [0.29, 0.717) is 18.8 Å². The molecule has 0 unspecified atom stereocenters. The third kappa shape index (κ3) is 6.35. The number of hydrogen-bond donors (Lipinski definition) is 2. The summed E-state index contributed by atoms with van der Waals surface area (Å²) in [5, 5.41) is 6.32. The SMILES string of the molecule is CCN(CC)S(=O)(=O)c1ccc(Cl)c(C(=O)Nc2ccc(NCCc3ccccc3)cc2)c1. The highest BCUT2D eigenvalue weighted by atomic mass is 35.5. The molecule has 0 fully saturated rings. The molecule has 3 aromatic carbocycles. The number of sulfonamides is 1. The Morgan fingerprint density at radius 1 is 0.909 bits per heavy atom. The van der Waals surface area contributed by atoms with Crippen molar-refractivity contribution in [3.8, 4) is 0 Å². The van der Waals surface area contributed by atoms with E-state index in [9.17, 15) is 13.2 Å². The molecule has 6 nitrogen and oxygen atoms in total. The molecule has 8 heteroatoms. The first kappa shape index (κ1) is 24.8. The van der Waals surface area contributed by atoms with Crippen LogP contribution in [0, 0.1) is 0 Å². The Morgan fingerprint density at radius 3 is 2.18 bits per heavy atom. The summed E-state index contributed by atoms with van der Waals surface area (Å²) >= 11 is 6.21. The van der Waals surface area contributed by atoms with E-state index in [-0.39, 0.29) is 15.5 Å². The second-order valence-corrected chi connectivity index (χ2v) is 9.77. The molecular formula is C25H28ClN3O3S. The summed E-state index contributed by atoms with van der Waals surface area (Å²) in [5.74, 6) is -0.471. The summed E-state index contributed by atoms with van der Waals surface area (Å²) in [4.78, 5) is 12.9. The van der Waals surface area contributed by atoms with Crippen LogP contribution in [0.2, 0.25) is 5.02 Å². The predicted molar refractivity (Wildman–Crippen MR) is 135 cm³/mol.